The minimum atomic E-state index is -1.84. The van der Waals surface area contributed by atoms with Gasteiger partial charge in [-0.2, -0.15) is 0 Å². The van der Waals surface area contributed by atoms with Gasteiger partial charge >= 0.3 is 5.97 Å². The number of carbonyl (C=O) groups excluding carboxylic acids is 3. The predicted octanol–water partition coefficient (Wildman–Crippen LogP) is -0.0472. The lowest BCUT2D eigenvalue weighted by atomic mass is 9.73. The molecule has 2 atom stereocenters. The first-order valence-corrected chi connectivity index (χ1v) is 6.54. The van der Waals surface area contributed by atoms with Crippen LogP contribution in [-0.2, 0) is 23.9 Å². The summed E-state index contributed by atoms with van der Waals surface area (Å²) in [7, 11) is 7.24. The third-order valence-corrected chi connectivity index (χ3v) is 2.70. The molecule has 0 spiro atoms. The first kappa shape index (κ1) is 19.3. The topological polar surface area (TPSA) is 106 Å². The highest BCUT2D eigenvalue weighted by Gasteiger charge is 2.37. The fourth-order valence-corrected chi connectivity index (χ4v) is 1.36. The molecule has 21 heavy (non-hydrogen) atoms. The Morgan fingerprint density at radius 2 is 1.90 bits per heavy atom. The Morgan fingerprint density at radius 1 is 1.33 bits per heavy atom. The van der Waals surface area contributed by atoms with E-state index in [1.165, 1.54) is 14.0 Å². The zero-order valence-corrected chi connectivity index (χ0v) is 12.8. The van der Waals surface area contributed by atoms with E-state index in [1.54, 1.807) is 13.8 Å². The van der Waals surface area contributed by atoms with Gasteiger partial charge in [-0.15, -0.1) is 0 Å². The van der Waals surface area contributed by atoms with Gasteiger partial charge in [0.15, 0.2) is 5.78 Å². The van der Waals surface area contributed by atoms with Gasteiger partial charge in [-0.25, -0.2) is 0 Å². The van der Waals surface area contributed by atoms with Crippen molar-refractivity contribution in [2.24, 2.45) is 0 Å². The summed E-state index contributed by atoms with van der Waals surface area (Å²) in [6, 6.07) is 0. The number of ketones is 1. The van der Waals surface area contributed by atoms with Gasteiger partial charge in [-0.3, -0.25) is 14.4 Å². The molecule has 116 valence electrons. The largest absolute Gasteiger partial charge is 0.462 e. The monoisotopic (exact) mass is 296 g/mol. The third kappa shape index (κ3) is 6.53. The summed E-state index contributed by atoms with van der Waals surface area (Å²) < 4.78 is 9.85. The molecule has 0 bridgehead atoms. The van der Waals surface area contributed by atoms with Gasteiger partial charge in [0.05, 0.1) is 17.8 Å². The number of amides is 1. The average Bonchev–Trinajstić information content (AvgIpc) is 2.42. The molecule has 0 fully saturated rings. The molecule has 0 heterocycles. The Hall–Kier alpha value is -1.70. The van der Waals surface area contributed by atoms with Crippen molar-refractivity contribution in [3.05, 3.63) is 0 Å². The van der Waals surface area contributed by atoms with Crippen LogP contribution < -0.4 is 5.32 Å². The van der Waals surface area contributed by atoms with Gasteiger partial charge in [0.2, 0.25) is 5.91 Å². The second kappa shape index (κ2) is 8.56. The van der Waals surface area contributed by atoms with Crippen LogP contribution in [0.2, 0.25) is 0 Å². The molecule has 0 saturated heterocycles. The normalized spacial score (nSPS) is 14.9. The molecular weight excluding hydrogens is 275 g/mol. The number of methoxy groups -OCH3 is 1. The lowest BCUT2D eigenvalue weighted by molar-refractivity contribution is -0.154. The summed E-state index contributed by atoms with van der Waals surface area (Å²) in [5.41, 5.74) is -1.84. The van der Waals surface area contributed by atoms with Crippen LogP contribution in [-0.4, -0.2) is 56.5 Å². The van der Waals surface area contributed by atoms with Gasteiger partial charge in [-0.1, -0.05) is 0 Å². The first-order valence-electron chi connectivity index (χ1n) is 6.54. The van der Waals surface area contributed by atoms with Gasteiger partial charge < -0.3 is 20.2 Å². The Kier molecular flexibility index (Phi) is 7.87. The SMILES string of the molecule is [B]C(CCC(=O)C=N)(NC(=O)[C@H](C)OC)C(=O)OC(C)C. The average molecular weight is 296 g/mol. The molecule has 2 N–H and O–H groups in total. The van der Waals surface area contributed by atoms with E-state index in [9.17, 15) is 14.4 Å². The summed E-state index contributed by atoms with van der Waals surface area (Å²) >= 11 is 0. The van der Waals surface area contributed by atoms with E-state index in [-0.39, 0.29) is 12.8 Å². The molecule has 0 rings (SSSR count). The summed E-state index contributed by atoms with van der Waals surface area (Å²) in [5, 5.41) is 9.18. The molecular formula is C13H21BN2O5. The first-order chi connectivity index (χ1) is 9.66. The summed E-state index contributed by atoms with van der Waals surface area (Å²) in [5.74, 6) is -1.94. The fraction of sp³-hybridized carbons (Fsp3) is 0.692. The molecule has 1 unspecified atom stereocenters. The van der Waals surface area contributed by atoms with E-state index in [2.05, 4.69) is 5.32 Å². The Balaban J connectivity index is 5.05. The van der Waals surface area contributed by atoms with E-state index in [4.69, 9.17) is 22.7 Å². The fourth-order valence-electron chi connectivity index (χ4n) is 1.36. The number of hydrogen-bond donors (Lipinski definition) is 2. The van der Waals surface area contributed by atoms with Gasteiger partial charge in [-0.05, 0) is 27.2 Å². The predicted molar refractivity (Wildman–Crippen MR) is 77.4 cm³/mol. The Bertz CT molecular complexity index is 413. The molecule has 0 aliphatic heterocycles. The molecule has 0 aromatic heterocycles. The smallest absolute Gasteiger partial charge is 0.322 e. The highest BCUT2D eigenvalue weighted by atomic mass is 16.5. The second-order valence-corrected chi connectivity index (χ2v) is 4.90. The molecule has 1 amide bonds. The third-order valence-electron chi connectivity index (χ3n) is 2.70. The number of rotatable bonds is 9. The van der Waals surface area contributed by atoms with Crippen LogP contribution in [0.25, 0.3) is 0 Å². The minimum Gasteiger partial charge on any atom is -0.462 e. The number of esters is 1. The van der Waals surface area contributed by atoms with Crippen molar-refractivity contribution in [2.75, 3.05) is 7.11 Å². The van der Waals surface area contributed by atoms with Crippen LogP contribution in [0.4, 0.5) is 0 Å². The molecule has 0 saturated carbocycles. The molecule has 0 aliphatic carbocycles. The zero-order valence-electron chi connectivity index (χ0n) is 12.8. The van der Waals surface area contributed by atoms with Gasteiger partial charge in [0.1, 0.15) is 14.0 Å². The maximum absolute atomic E-state index is 12.1. The van der Waals surface area contributed by atoms with Crippen molar-refractivity contribution >= 4 is 31.7 Å². The second-order valence-electron chi connectivity index (χ2n) is 4.90. The van der Waals surface area contributed by atoms with Crippen molar-refractivity contribution in [2.45, 2.75) is 51.3 Å². The lowest BCUT2D eigenvalue weighted by Crippen LogP contribution is -2.58. The zero-order chi connectivity index (χ0) is 16.6. The van der Waals surface area contributed by atoms with Crippen LogP contribution in [0.15, 0.2) is 0 Å². The Labute approximate surface area is 125 Å². The van der Waals surface area contributed by atoms with Crippen LogP contribution in [0.1, 0.15) is 33.6 Å². The summed E-state index contributed by atoms with van der Waals surface area (Å²) in [6.07, 6.45) is -0.925. The van der Waals surface area contributed by atoms with Crippen molar-refractivity contribution in [1.29, 1.82) is 5.41 Å². The quantitative estimate of drug-likeness (QED) is 0.352. The number of hydrogen-bond acceptors (Lipinski definition) is 6. The van der Waals surface area contributed by atoms with Gasteiger partial charge in [0.25, 0.3) is 0 Å². The molecule has 2 radical (unpaired) electrons. The van der Waals surface area contributed by atoms with E-state index >= 15 is 0 Å². The van der Waals surface area contributed by atoms with Crippen LogP contribution in [0.3, 0.4) is 0 Å². The Morgan fingerprint density at radius 3 is 2.33 bits per heavy atom. The molecule has 0 aliphatic rings. The van der Waals surface area contributed by atoms with Crippen LogP contribution in [0, 0.1) is 5.41 Å². The van der Waals surface area contributed by atoms with E-state index in [0.717, 1.165) is 0 Å². The molecule has 8 heteroatoms. The molecule has 0 aromatic rings. The number of Topliss-reactive ketones (excluding diaryl/α,β-unsaturated/α-hetero) is 1. The van der Waals surface area contributed by atoms with E-state index in [0.29, 0.717) is 6.21 Å². The summed E-state index contributed by atoms with van der Waals surface area (Å²) in [4.78, 5) is 35.1. The van der Waals surface area contributed by atoms with Gasteiger partial charge in [0, 0.05) is 13.5 Å². The van der Waals surface area contributed by atoms with E-state index < -0.39 is 35.3 Å². The van der Waals surface area contributed by atoms with Crippen LogP contribution >= 0.6 is 0 Å². The standard InChI is InChI=1S/C13H21BN2O5/c1-8(2)21-12(19)13(14,6-5-10(17)7-15)16-11(18)9(3)20-4/h7-9,15H,5-6H2,1-4H3,(H,16,18)/t9-,13?/m0/s1. The van der Waals surface area contributed by atoms with Crippen molar-refractivity contribution in [3.8, 4) is 0 Å². The van der Waals surface area contributed by atoms with Crippen molar-refractivity contribution in [3.63, 3.8) is 0 Å². The number of nitrogens with one attached hydrogen (secondary N) is 2. The number of ether oxygens (including phenoxy) is 2. The number of carbonyl (C=O) groups is 3. The maximum atomic E-state index is 12.1. The highest BCUT2D eigenvalue weighted by molar-refractivity contribution is 6.30. The lowest BCUT2D eigenvalue weighted by Gasteiger charge is -2.30. The van der Waals surface area contributed by atoms with Crippen molar-refractivity contribution in [1.82, 2.24) is 5.32 Å². The minimum absolute atomic E-state index is 0.158. The maximum Gasteiger partial charge on any atom is 0.322 e. The highest BCUT2D eigenvalue weighted by Crippen LogP contribution is 2.14. The van der Waals surface area contributed by atoms with E-state index in [1.807, 2.05) is 0 Å². The molecule has 7 nitrogen and oxygen atoms in total. The summed E-state index contributed by atoms with van der Waals surface area (Å²) in [6.45, 7) is 4.77. The van der Waals surface area contributed by atoms with Crippen LogP contribution in [0.5, 0.6) is 0 Å². The van der Waals surface area contributed by atoms with Crippen molar-refractivity contribution < 1.29 is 23.9 Å². The molecule has 0 aromatic carbocycles.